The van der Waals surface area contributed by atoms with Gasteiger partial charge in [-0.3, -0.25) is 0 Å². The van der Waals surface area contributed by atoms with Crippen molar-refractivity contribution in [3.8, 4) is 22.3 Å². The lowest BCUT2D eigenvalue weighted by Gasteiger charge is -2.28. The van der Waals surface area contributed by atoms with Gasteiger partial charge in [-0.15, -0.1) is 11.3 Å². The Bertz CT molecular complexity index is 3160. The van der Waals surface area contributed by atoms with Crippen molar-refractivity contribution in [2.45, 2.75) is 0 Å². The zero-order valence-electron chi connectivity index (χ0n) is 28.7. The molecule has 0 saturated carbocycles. The lowest BCUT2D eigenvalue weighted by atomic mass is 9.95. The van der Waals surface area contributed by atoms with Gasteiger partial charge in [0.15, 0.2) is 5.58 Å². The molecule has 0 N–H and O–H groups in total. The number of nitrogens with zero attached hydrogens (tertiary/aromatic N) is 1. The topological polar surface area (TPSA) is 16.4 Å². The predicted octanol–water partition coefficient (Wildman–Crippen LogP) is 15.1. The molecular formula is C50H31NOS. The van der Waals surface area contributed by atoms with E-state index in [0.29, 0.717) is 0 Å². The van der Waals surface area contributed by atoms with Crippen LogP contribution in [0.1, 0.15) is 0 Å². The Morgan fingerprint density at radius 2 is 0.925 bits per heavy atom. The normalized spacial score (nSPS) is 11.8. The van der Waals surface area contributed by atoms with Gasteiger partial charge < -0.3 is 9.32 Å². The second-order valence-electron chi connectivity index (χ2n) is 13.6. The SMILES string of the molecule is c1ccc(-c2ccc3c(oc4c5ccccc5c5ccccc5c34)c2N(c2ccccc2)c2ccc(-c3ccc4c(c3)sc3ccccc34)cc2)cc1. The van der Waals surface area contributed by atoms with Gasteiger partial charge in [0.05, 0.1) is 5.69 Å². The number of thiophene rings is 1. The number of anilines is 3. The summed E-state index contributed by atoms with van der Waals surface area (Å²) >= 11 is 1.86. The van der Waals surface area contributed by atoms with Crippen LogP contribution in [0.25, 0.3) is 85.9 Å². The molecule has 0 aliphatic heterocycles. The maximum absolute atomic E-state index is 7.21. The van der Waals surface area contributed by atoms with Crippen LogP contribution in [0.3, 0.4) is 0 Å². The number of hydrogen-bond donors (Lipinski definition) is 0. The molecule has 0 aliphatic carbocycles. The van der Waals surface area contributed by atoms with Crippen molar-refractivity contribution in [3.05, 3.63) is 188 Å². The van der Waals surface area contributed by atoms with Gasteiger partial charge >= 0.3 is 0 Å². The first-order valence-electron chi connectivity index (χ1n) is 18.0. The standard InChI is InChI=1S/C50H31NOS/c1-3-13-33(14-4-1)37-29-30-44-47-42-20-9-7-17-38(42)39-18-8-10-21-43(39)49(47)52-50(44)48(37)51(35-15-5-2-6-16-35)36-26-23-32(24-27-36)34-25-28-41-40-19-11-12-22-45(40)53-46(41)31-34/h1-31H. The van der Waals surface area contributed by atoms with Crippen LogP contribution in [0.5, 0.6) is 0 Å². The summed E-state index contributed by atoms with van der Waals surface area (Å²) in [5, 5.41) is 9.64. The van der Waals surface area contributed by atoms with Gasteiger partial charge in [0.2, 0.25) is 0 Å². The lowest BCUT2D eigenvalue weighted by molar-refractivity contribution is 0.673. The molecule has 53 heavy (non-hydrogen) atoms. The maximum atomic E-state index is 7.21. The van der Waals surface area contributed by atoms with Gasteiger partial charge in [0.25, 0.3) is 0 Å². The van der Waals surface area contributed by atoms with Crippen LogP contribution in [-0.4, -0.2) is 0 Å². The van der Waals surface area contributed by atoms with Crippen LogP contribution in [-0.2, 0) is 0 Å². The second-order valence-corrected chi connectivity index (χ2v) is 14.7. The van der Waals surface area contributed by atoms with Crippen molar-refractivity contribution in [2.75, 3.05) is 4.90 Å². The molecule has 2 heterocycles. The Morgan fingerprint density at radius 3 is 1.70 bits per heavy atom. The molecule has 0 aliphatic rings. The molecule has 0 bridgehead atoms. The van der Waals surface area contributed by atoms with Gasteiger partial charge in [-0.1, -0.05) is 146 Å². The first kappa shape index (κ1) is 30.0. The molecule has 0 saturated heterocycles. The van der Waals surface area contributed by atoms with Crippen molar-refractivity contribution < 1.29 is 4.42 Å². The second kappa shape index (κ2) is 11.9. The summed E-state index contributed by atoms with van der Waals surface area (Å²) in [5.41, 5.74) is 9.56. The van der Waals surface area contributed by atoms with Crippen LogP contribution < -0.4 is 4.90 Å². The average Bonchev–Trinajstić information content (AvgIpc) is 3.81. The molecule has 2 nitrogen and oxygen atoms in total. The van der Waals surface area contributed by atoms with Crippen LogP contribution in [0, 0.1) is 0 Å². The summed E-state index contributed by atoms with van der Waals surface area (Å²) < 4.78 is 9.84. The molecule has 11 rings (SSSR count). The van der Waals surface area contributed by atoms with E-state index >= 15 is 0 Å². The highest BCUT2D eigenvalue weighted by Gasteiger charge is 2.25. The Labute approximate surface area is 310 Å². The number of furan rings is 1. The summed E-state index contributed by atoms with van der Waals surface area (Å²) in [6, 6.07) is 67.7. The van der Waals surface area contributed by atoms with E-state index in [1.54, 1.807) is 0 Å². The van der Waals surface area contributed by atoms with Crippen molar-refractivity contribution in [3.63, 3.8) is 0 Å². The summed E-state index contributed by atoms with van der Waals surface area (Å²) in [7, 11) is 0. The quantitative estimate of drug-likeness (QED) is 0.167. The molecule has 0 atom stereocenters. The van der Waals surface area contributed by atoms with Crippen LogP contribution in [0.15, 0.2) is 192 Å². The Hall–Kier alpha value is -6.68. The van der Waals surface area contributed by atoms with Crippen LogP contribution in [0.2, 0.25) is 0 Å². The first-order valence-corrected chi connectivity index (χ1v) is 18.8. The summed E-state index contributed by atoms with van der Waals surface area (Å²) in [4.78, 5) is 2.37. The highest BCUT2D eigenvalue weighted by molar-refractivity contribution is 7.25. The number of benzene rings is 9. The molecular weight excluding hydrogens is 663 g/mol. The van der Waals surface area contributed by atoms with Crippen molar-refractivity contribution in [1.82, 2.24) is 0 Å². The third-order valence-corrected chi connectivity index (χ3v) is 11.8. The molecule has 9 aromatic carbocycles. The van der Waals surface area contributed by atoms with E-state index < -0.39 is 0 Å². The van der Waals surface area contributed by atoms with Crippen molar-refractivity contribution in [1.29, 1.82) is 0 Å². The predicted molar refractivity (Wildman–Crippen MR) is 227 cm³/mol. The van der Waals surface area contributed by atoms with Crippen LogP contribution >= 0.6 is 11.3 Å². The summed E-state index contributed by atoms with van der Waals surface area (Å²) in [6.45, 7) is 0. The molecule has 0 spiro atoms. The van der Waals surface area contributed by atoms with Gasteiger partial charge in [0.1, 0.15) is 5.58 Å². The molecule has 0 radical (unpaired) electrons. The summed E-state index contributed by atoms with van der Waals surface area (Å²) in [5.74, 6) is 0. The highest BCUT2D eigenvalue weighted by atomic mass is 32.1. The lowest BCUT2D eigenvalue weighted by Crippen LogP contribution is -2.11. The number of hydrogen-bond acceptors (Lipinski definition) is 3. The summed E-state index contributed by atoms with van der Waals surface area (Å²) in [6.07, 6.45) is 0. The minimum atomic E-state index is 0.867. The molecule has 3 heteroatoms. The maximum Gasteiger partial charge on any atom is 0.160 e. The molecule has 2 aromatic heterocycles. The number of fused-ring (bicyclic) bond motifs is 11. The Morgan fingerprint density at radius 1 is 0.358 bits per heavy atom. The zero-order chi connectivity index (χ0) is 34.9. The van der Waals surface area contributed by atoms with E-state index in [1.165, 1.54) is 47.5 Å². The number of rotatable bonds is 5. The minimum Gasteiger partial charge on any atom is -0.453 e. The highest BCUT2D eigenvalue weighted by Crippen LogP contribution is 2.50. The fourth-order valence-corrected chi connectivity index (χ4v) is 9.37. The van der Waals surface area contributed by atoms with Gasteiger partial charge in [-0.2, -0.15) is 0 Å². The molecule has 0 unspecified atom stereocenters. The third kappa shape index (κ3) is 4.71. The smallest absolute Gasteiger partial charge is 0.160 e. The van der Waals surface area contributed by atoms with E-state index in [0.717, 1.165) is 55.5 Å². The van der Waals surface area contributed by atoms with Crippen molar-refractivity contribution >= 4 is 92.1 Å². The van der Waals surface area contributed by atoms with Crippen molar-refractivity contribution in [2.24, 2.45) is 0 Å². The fraction of sp³-hybridized carbons (Fsp3) is 0. The average molecular weight is 694 g/mol. The van der Waals surface area contributed by atoms with E-state index in [-0.39, 0.29) is 0 Å². The zero-order valence-corrected chi connectivity index (χ0v) is 29.5. The van der Waals surface area contributed by atoms with E-state index in [9.17, 15) is 0 Å². The molecule has 248 valence electrons. The first-order chi connectivity index (χ1) is 26.3. The Balaban J connectivity index is 1.17. The molecule has 0 fully saturated rings. The number of para-hydroxylation sites is 1. The van der Waals surface area contributed by atoms with E-state index in [4.69, 9.17) is 4.42 Å². The molecule has 11 aromatic rings. The van der Waals surface area contributed by atoms with E-state index in [1.807, 2.05) is 11.3 Å². The van der Waals surface area contributed by atoms with Gasteiger partial charge in [0, 0.05) is 53.3 Å². The monoisotopic (exact) mass is 693 g/mol. The Kier molecular flexibility index (Phi) is 6.76. The fourth-order valence-electron chi connectivity index (χ4n) is 8.22. The largest absolute Gasteiger partial charge is 0.453 e. The van der Waals surface area contributed by atoms with Crippen LogP contribution in [0.4, 0.5) is 17.1 Å². The minimum absolute atomic E-state index is 0.867. The third-order valence-electron chi connectivity index (χ3n) is 10.7. The molecule has 0 amide bonds. The van der Waals surface area contributed by atoms with Gasteiger partial charge in [-0.25, -0.2) is 0 Å². The van der Waals surface area contributed by atoms with E-state index in [2.05, 4.69) is 193 Å². The van der Waals surface area contributed by atoms with Gasteiger partial charge in [-0.05, 0) is 75.3 Å².